The van der Waals surface area contributed by atoms with E-state index in [1.165, 1.54) is 28.9 Å². The molecule has 1 aromatic heterocycles. The molecule has 4 amide bonds. The van der Waals surface area contributed by atoms with Crippen molar-refractivity contribution >= 4 is 63.7 Å². The van der Waals surface area contributed by atoms with Gasteiger partial charge in [-0.1, -0.05) is 63.2 Å². The van der Waals surface area contributed by atoms with Crippen LogP contribution in [0.25, 0.3) is 10.4 Å². The van der Waals surface area contributed by atoms with Crippen molar-refractivity contribution in [1.29, 1.82) is 0 Å². The molecule has 0 saturated carbocycles. The van der Waals surface area contributed by atoms with E-state index in [1.54, 1.807) is 35.6 Å². The number of halogens is 3. The highest BCUT2D eigenvalue weighted by molar-refractivity contribution is 7.81. The Hall–Kier alpha value is -5.31. The number of aliphatic hydroxyl groups excluding tert-OH is 1. The number of alkyl halides is 3. The number of aromatic nitrogens is 1. The largest absolute Gasteiger partial charge is 0.416 e. The number of carbonyl (C=O) groups is 4. The number of nitrogens with one attached hydrogen (secondary N) is 2. The fraction of sp³-hybridized carbons (Fsp3) is 0.500. The molecule has 14 nitrogen and oxygen atoms in total. The van der Waals surface area contributed by atoms with Gasteiger partial charge in [0.1, 0.15) is 24.2 Å². The summed E-state index contributed by atoms with van der Waals surface area (Å²) in [5.41, 5.74) is 4.02. The van der Waals surface area contributed by atoms with E-state index in [4.69, 9.17) is 21.7 Å². The van der Waals surface area contributed by atoms with Crippen LogP contribution in [0.3, 0.4) is 0 Å². The maximum absolute atomic E-state index is 14.0. The molecule has 7 rings (SSSR count). The van der Waals surface area contributed by atoms with Crippen LogP contribution in [0.4, 0.5) is 24.5 Å². The maximum atomic E-state index is 14.0. The van der Waals surface area contributed by atoms with Gasteiger partial charge in [0, 0.05) is 31.7 Å². The Morgan fingerprint density at radius 2 is 1.61 bits per heavy atom. The van der Waals surface area contributed by atoms with Crippen LogP contribution in [-0.4, -0.2) is 125 Å². The van der Waals surface area contributed by atoms with Crippen LogP contribution in [0, 0.1) is 19.3 Å². The summed E-state index contributed by atoms with van der Waals surface area (Å²) < 4.78 is 52.7. The lowest BCUT2D eigenvalue weighted by atomic mass is 9.85. The van der Waals surface area contributed by atoms with Crippen LogP contribution >= 0.6 is 23.6 Å². The minimum Gasteiger partial charge on any atom is -0.391 e. The highest BCUT2D eigenvalue weighted by Crippen LogP contribution is 2.40. The zero-order chi connectivity index (χ0) is 51.4. The molecule has 19 heteroatoms. The van der Waals surface area contributed by atoms with E-state index >= 15 is 0 Å². The number of anilines is 2. The molecule has 0 unspecified atom stereocenters. The predicted octanol–water partition coefficient (Wildman–Crippen LogP) is 7.38. The van der Waals surface area contributed by atoms with Gasteiger partial charge in [-0.05, 0) is 124 Å². The number of ether oxygens (including phenoxy) is 2. The Morgan fingerprint density at radius 1 is 0.944 bits per heavy atom. The number of aliphatic hydroxyl groups is 1. The summed E-state index contributed by atoms with van der Waals surface area (Å²) in [6.45, 7) is 15.6. The van der Waals surface area contributed by atoms with Gasteiger partial charge in [-0.2, -0.15) is 13.2 Å². The number of rotatable bonds is 17. The molecular formula is C52H64F3N7O7S2. The lowest BCUT2D eigenvalue weighted by Crippen LogP contribution is -2.58. The number of hydrogen-bond donors (Lipinski definition) is 3. The monoisotopic (exact) mass is 1020 g/mol. The lowest BCUT2D eigenvalue weighted by Gasteiger charge is -2.35. The Morgan fingerprint density at radius 3 is 2.24 bits per heavy atom. The van der Waals surface area contributed by atoms with Crippen LogP contribution in [0.5, 0.6) is 0 Å². The number of thiazole rings is 1. The van der Waals surface area contributed by atoms with Crippen LogP contribution in [-0.2, 0) is 41.4 Å². The number of amides is 4. The maximum Gasteiger partial charge on any atom is 0.416 e. The minimum atomic E-state index is -4.57. The summed E-state index contributed by atoms with van der Waals surface area (Å²) in [6, 6.07) is 17.7. The second-order valence-corrected chi connectivity index (χ2v) is 21.4. The summed E-state index contributed by atoms with van der Waals surface area (Å²) >= 11 is 7.30. The average Bonchev–Trinajstić information content (AvgIpc) is 3.99. The van der Waals surface area contributed by atoms with Gasteiger partial charge >= 0.3 is 6.18 Å². The lowest BCUT2D eigenvalue weighted by molar-refractivity contribution is -0.144. The molecule has 3 atom stereocenters. The Balaban J connectivity index is 0.805. The molecule has 0 bridgehead atoms. The van der Waals surface area contributed by atoms with Crippen molar-refractivity contribution in [3.05, 3.63) is 100 Å². The molecule has 4 aromatic rings. The molecule has 382 valence electrons. The summed E-state index contributed by atoms with van der Waals surface area (Å²) in [7, 11) is 0. The molecular weight excluding hydrogens is 956 g/mol. The van der Waals surface area contributed by atoms with Gasteiger partial charge in [0.2, 0.25) is 17.7 Å². The van der Waals surface area contributed by atoms with Gasteiger partial charge < -0.3 is 39.9 Å². The molecule has 0 radical (unpaired) electrons. The SMILES string of the molecule is Cc1ccc(N2C(=O)C(C)(C)N(c3ccc(C4CCN(CCOCCOCC(=O)N[C@H](C(=O)N5C[C@H](O)C[C@H]5C(=O)NCc5ccc(-c6scnc6C)cc5)C(C)(C)C)CC4)cc3)C2=S)cc1C(F)(F)F. The van der Waals surface area contributed by atoms with E-state index in [2.05, 4.69) is 20.5 Å². The van der Waals surface area contributed by atoms with Crippen LogP contribution in [0.2, 0.25) is 0 Å². The second kappa shape index (κ2) is 22.2. The summed E-state index contributed by atoms with van der Waals surface area (Å²) in [4.78, 5) is 66.2. The zero-order valence-corrected chi connectivity index (χ0v) is 42.9. The first-order chi connectivity index (χ1) is 33.5. The van der Waals surface area contributed by atoms with Crippen molar-refractivity contribution in [2.24, 2.45) is 5.41 Å². The van der Waals surface area contributed by atoms with E-state index in [0.29, 0.717) is 18.2 Å². The number of piperidine rings is 1. The van der Waals surface area contributed by atoms with Crippen molar-refractivity contribution in [1.82, 2.24) is 25.4 Å². The first kappa shape index (κ1) is 53.5. The van der Waals surface area contributed by atoms with E-state index < -0.39 is 58.6 Å². The van der Waals surface area contributed by atoms with Gasteiger partial charge in [-0.25, -0.2) is 4.98 Å². The molecule has 3 fully saturated rings. The molecule has 0 spiro atoms. The molecule has 3 saturated heterocycles. The second-order valence-electron chi connectivity index (χ2n) is 20.1. The Bertz CT molecular complexity index is 2560. The van der Waals surface area contributed by atoms with Crippen molar-refractivity contribution in [2.45, 2.75) is 110 Å². The number of aryl methyl sites for hydroxylation is 2. The number of likely N-dealkylation sites (tertiary alicyclic amines) is 2. The number of thiocarbonyl (C=S) groups is 1. The Labute approximate surface area is 422 Å². The Kier molecular flexibility index (Phi) is 16.7. The van der Waals surface area contributed by atoms with Gasteiger partial charge in [-0.15, -0.1) is 11.3 Å². The third kappa shape index (κ3) is 12.5. The van der Waals surface area contributed by atoms with Crippen LogP contribution in [0.15, 0.2) is 72.2 Å². The van der Waals surface area contributed by atoms with Crippen LogP contribution in [0.1, 0.15) is 87.7 Å². The van der Waals surface area contributed by atoms with Gasteiger partial charge in [0.25, 0.3) is 5.91 Å². The van der Waals surface area contributed by atoms with Gasteiger partial charge in [0.05, 0.1) is 53.3 Å². The first-order valence-electron chi connectivity index (χ1n) is 23.9. The molecule has 3 aliphatic heterocycles. The quantitative estimate of drug-likeness (QED) is 0.0717. The van der Waals surface area contributed by atoms with E-state index in [0.717, 1.165) is 65.8 Å². The number of carbonyl (C=O) groups excluding carboxylic acids is 4. The van der Waals surface area contributed by atoms with Crippen molar-refractivity contribution in [2.75, 3.05) is 62.4 Å². The molecule has 3 aliphatic rings. The third-order valence-corrected chi connectivity index (χ3v) is 14.9. The molecule has 3 aromatic carbocycles. The smallest absolute Gasteiger partial charge is 0.391 e. The zero-order valence-electron chi connectivity index (χ0n) is 41.3. The summed E-state index contributed by atoms with van der Waals surface area (Å²) in [6.07, 6.45) is -3.50. The summed E-state index contributed by atoms with van der Waals surface area (Å²) in [5, 5.41) is 16.4. The highest BCUT2D eigenvalue weighted by Gasteiger charge is 2.51. The molecule has 3 N–H and O–H groups in total. The van der Waals surface area contributed by atoms with Crippen LogP contribution < -0.4 is 20.4 Å². The van der Waals surface area contributed by atoms with Crippen molar-refractivity contribution in [3.8, 4) is 10.4 Å². The van der Waals surface area contributed by atoms with Crippen molar-refractivity contribution < 1.29 is 46.9 Å². The fourth-order valence-corrected chi connectivity index (χ4v) is 10.8. The average molecular weight is 1020 g/mol. The topological polar surface area (TPSA) is 157 Å². The predicted molar refractivity (Wildman–Crippen MR) is 271 cm³/mol. The third-order valence-electron chi connectivity index (χ3n) is 13.5. The highest BCUT2D eigenvalue weighted by atomic mass is 32.1. The number of hydrogen-bond acceptors (Lipinski definition) is 11. The normalized spacial score (nSPS) is 19.4. The minimum absolute atomic E-state index is 0.0269. The first-order valence-corrected chi connectivity index (χ1v) is 25.2. The van der Waals surface area contributed by atoms with Gasteiger partial charge in [0.15, 0.2) is 5.11 Å². The summed E-state index contributed by atoms with van der Waals surface area (Å²) in [5.74, 6) is -1.41. The van der Waals surface area contributed by atoms with E-state index in [1.807, 2.05) is 76.2 Å². The number of benzene rings is 3. The molecule has 0 aliphatic carbocycles. The number of β-amino-alcohol motifs (C(OH)–C–C–N with tert-alkyl or cyclic N) is 1. The number of nitrogens with zero attached hydrogens (tertiary/aromatic N) is 5. The van der Waals surface area contributed by atoms with E-state index in [-0.39, 0.29) is 61.6 Å². The molecule has 71 heavy (non-hydrogen) atoms. The molecule has 4 heterocycles. The van der Waals surface area contributed by atoms with E-state index in [9.17, 15) is 37.5 Å². The van der Waals surface area contributed by atoms with Crippen molar-refractivity contribution in [3.63, 3.8) is 0 Å². The standard InChI is InChI=1S/C52H64F3N7O7S2/c1-32-8-15-39(26-41(32)52(53,54)55)61-48(67)51(6,7)62(49(61)70)38-16-13-35(14-17-38)36-18-20-59(21-19-36)22-23-68-24-25-69-30-43(64)58-45(50(3,4)5)47(66)60-29-40(63)27-42(60)46(65)56-28-34-9-11-37(12-10-34)44-33(2)57-31-71-44/h8-17,26,31,36,40,42,45,63H,18-25,27-30H2,1-7H3,(H,56,65)(H,58,64)/t40-,42+,45-/m1/s1. The fourth-order valence-electron chi connectivity index (χ4n) is 9.46. The van der Waals surface area contributed by atoms with Gasteiger partial charge in [-0.3, -0.25) is 24.1 Å².